The van der Waals surface area contributed by atoms with Crippen LogP contribution in [0.1, 0.15) is 0 Å². The number of H-pyrrole nitrogens is 1. The predicted octanol–water partition coefficient (Wildman–Crippen LogP) is 0.407. The normalized spacial score (nSPS) is 5.71. The first-order valence-corrected chi connectivity index (χ1v) is 1.43. The van der Waals surface area contributed by atoms with Crippen LogP contribution >= 0.6 is 0 Å². The average Bonchev–Trinajstić information content (AvgIpc) is 1.76. The molecule has 1 rings (SSSR count). The Morgan fingerprint density at radius 3 is 2.29 bits per heavy atom. The van der Waals surface area contributed by atoms with Gasteiger partial charge in [-0.25, -0.2) is 4.98 Å². The molecule has 0 aliphatic heterocycles. The second-order valence-electron chi connectivity index (χ2n) is 0.761. The zero-order valence-electron chi connectivity index (χ0n) is 3.76. The minimum atomic E-state index is 0. The van der Waals surface area contributed by atoms with Gasteiger partial charge in [0.2, 0.25) is 0 Å². The van der Waals surface area contributed by atoms with Gasteiger partial charge in [-0.15, -0.1) is 0 Å². The van der Waals surface area contributed by atoms with E-state index in [0.717, 1.165) is 0 Å². The van der Waals surface area contributed by atoms with Gasteiger partial charge < -0.3 is 4.98 Å². The molecule has 0 saturated carbocycles. The van der Waals surface area contributed by atoms with E-state index in [-0.39, 0.29) is 74.5 Å². The van der Waals surface area contributed by atoms with Crippen molar-refractivity contribution in [2.45, 2.75) is 0 Å². The molecule has 7 heavy (non-hydrogen) atoms. The molecule has 0 aliphatic rings. The number of aromatic nitrogens is 2. The summed E-state index contributed by atoms with van der Waals surface area (Å²) in [5.74, 6) is 0. The van der Waals surface area contributed by atoms with Crippen LogP contribution < -0.4 is 0 Å². The molecule has 0 bridgehead atoms. The average molecular weight is 297 g/mol. The van der Waals surface area contributed by atoms with Gasteiger partial charge in [-0.3, -0.25) is 0 Å². The molecule has 0 atom stereocenters. The minimum absolute atomic E-state index is 0. The summed E-state index contributed by atoms with van der Waals surface area (Å²) in [5.41, 5.74) is 0. The Labute approximate surface area is 101 Å². The Bertz CT molecular complexity index is 69.4. The van der Waals surface area contributed by atoms with E-state index >= 15 is 0 Å². The number of rotatable bonds is 0. The van der Waals surface area contributed by atoms with Crippen LogP contribution in [0.15, 0.2) is 18.7 Å². The van der Waals surface area contributed by atoms with E-state index in [9.17, 15) is 0 Å². The summed E-state index contributed by atoms with van der Waals surface area (Å²) < 4.78 is 0. The molecule has 0 amide bonds. The molecule has 0 aliphatic carbocycles. The van der Waals surface area contributed by atoms with E-state index in [2.05, 4.69) is 9.97 Å². The Morgan fingerprint density at radius 1 is 1.43 bits per heavy atom. The summed E-state index contributed by atoms with van der Waals surface area (Å²) in [6.07, 6.45) is 5.08. The van der Waals surface area contributed by atoms with Crippen LogP contribution in [0.3, 0.4) is 0 Å². The molecule has 0 spiro atoms. The zero-order chi connectivity index (χ0) is 3.54. The molecule has 1 aromatic heterocycles. The maximum absolute atomic E-state index is 3.67. The van der Waals surface area contributed by atoms with Crippen LogP contribution in [-0.4, -0.2) is 9.97 Å². The monoisotopic (exact) mass is 297 g/mol. The maximum atomic E-state index is 3.67. The molecule has 0 aromatic carbocycles. The first-order valence-electron chi connectivity index (χ1n) is 1.43. The molecule has 1 aromatic rings. The Hall–Kier alpha value is 1.69. The van der Waals surface area contributed by atoms with Crippen LogP contribution in [0.2, 0.25) is 0 Å². The largest absolute Gasteiger partial charge is 0.351 e. The third kappa shape index (κ3) is 5.56. The molecule has 0 saturated heterocycles. The van der Waals surface area contributed by atoms with Gasteiger partial charge >= 0.3 is 0 Å². The van der Waals surface area contributed by atoms with Gasteiger partial charge in [0.05, 0.1) is 6.33 Å². The fourth-order valence-corrected chi connectivity index (χ4v) is 0.215. The molecule has 2 nitrogen and oxygen atoms in total. The van der Waals surface area contributed by atoms with Crippen molar-refractivity contribution in [3.63, 3.8) is 0 Å². The van der Waals surface area contributed by atoms with Gasteiger partial charge in [-0.1, -0.05) is 0 Å². The van der Waals surface area contributed by atoms with Crippen LogP contribution in [0.5, 0.6) is 0 Å². The van der Waals surface area contributed by atoms with Crippen molar-refractivity contribution in [2.75, 3.05) is 0 Å². The Balaban J connectivity index is 0. The van der Waals surface area contributed by atoms with Gasteiger partial charge in [-0.2, -0.15) is 0 Å². The molecular weight excluding hydrogens is 293 g/mol. The van der Waals surface area contributed by atoms with E-state index in [0.29, 0.717) is 0 Å². The first-order chi connectivity index (χ1) is 2.50. The van der Waals surface area contributed by atoms with Gasteiger partial charge in [-0.05, 0) is 0 Å². The Kier molecular flexibility index (Phi) is 12.6. The second kappa shape index (κ2) is 7.69. The summed E-state index contributed by atoms with van der Waals surface area (Å²) in [6, 6.07) is 0. The van der Waals surface area contributed by atoms with E-state index in [1.54, 1.807) is 18.7 Å². The number of hydrogen-bond acceptors (Lipinski definition) is 1. The third-order valence-electron chi connectivity index (χ3n) is 0.406. The molecule has 0 fully saturated rings. The smallest absolute Gasteiger partial charge is 0.0919 e. The number of nitrogens with zero attached hydrogens (tertiary/aromatic N) is 1. The van der Waals surface area contributed by atoms with E-state index in [1.807, 2.05) is 0 Å². The van der Waals surface area contributed by atoms with Gasteiger partial charge in [0.15, 0.2) is 0 Å². The van der Waals surface area contributed by atoms with Crippen LogP contribution in [0.4, 0.5) is 0 Å². The number of aromatic amines is 1. The molecule has 1 radical (unpaired) electrons. The summed E-state index contributed by atoms with van der Waals surface area (Å²) in [5, 5.41) is 0. The summed E-state index contributed by atoms with van der Waals surface area (Å²) >= 11 is 0. The number of imidazole rings is 1. The fraction of sp³-hybridized carbons (Fsp3) is 0. The van der Waals surface area contributed by atoms with Gasteiger partial charge in [0.1, 0.15) is 0 Å². The molecular formula is C3H4CeN2Y. The predicted molar refractivity (Wildman–Crippen MR) is 18.6 cm³/mol. The van der Waals surface area contributed by atoms with Crippen LogP contribution in [0, 0.1) is 41.7 Å². The zero-order valence-corrected chi connectivity index (χ0v) is 9.73. The van der Waals surface area contributed by atoms with Crippen LogP contribution in [-0.2, 0) is 32.7 Å². The number of nitrogens with one attached hydrogen (secondary N) is 1. The van der Waals surface area contributed by atoms with Gasteiger partial charge in [0.25, 0.3) is 0 Å². The van der Waals surface area contributed by atoms with Crippen LogP contribution in [0.25, 0.3) is 0 Å². The molecule has 0 unspecified atom stereocenters. The standard InChI is InChI=1S/C3H4N2.Ce.Y/c1-2-5-3-4-1;;/h1-3H,(H,4,5);;. The van der Waals surface area contributed by atoms with Crippen molar-refractivity contribution in [1.29, 1.82) is 0 Å². The molecule has 1 N–H and O–H groups in total. The van der Waals surface area contributed by atoms with E-state index in [4.69, 9.17) is 0 Å². The molecule has 1 heterocycles. The van der Waals surface area contributed by atoms with Gasteiger partial charge in [0, 0.05) is 86.9 Å². The molecule has 33 valence electrons. The first kappa shape index (κ1) is 11.5. The van der Waals surface area contributed by atoms with Crippen molar-refractivity contribution in [2.24, 2.45) is 0 Å². The topological polar surface area (TPSA) is 28.7 Å². The van der Waals surface area contributed by atoms with Crippen molar-refractivity contribution in [1.82, 2.24) is 9.97 Å². The Morgan fingerprint density at radius 2 is 2.14 bits per heavy atom. The summed E-state index contributed by atoms with van der Waals surface area (Å²) in [6.45, 7) is 0. The van der Waals surface area contributed by atoms with Crippen molar-refractivity contribution in [3.8, 4) is 0 Å². The van der Waals surface area contributed by atoms with Crippen molar-refractivity contribution >= 4 is 0 Å². The summed E-state index contributed by atoms with van der Waals surface area (Å²) in [4.78, 5) is 6.42. The van der Waals surface area contributed by atoms with E-state index in [1.165, 1.54) is 0 Å². The van der Waals surface area contributed by atoms with E-state index < -0.39 is 0 Å². The fourth-order valence-electron chi connectivity index (χ4n) is 0.215. The maximum Gasteiger partial charge on any atom is 0.0919 e. The molecule has 4 heteroatoms. The SMILES string of the molecule is [Ce].[Y].c1c[nH]cn1. The quantitative estimate of drug-likeness (QED) is 0.738. The van der Waals surface area contributed by atoms with Crippen molar-refractivity contribution < 1.29 is 74.5 Å². The third-order valence-corrected chi connectivity index (χ3v) is 0.406. The minimum Gasteiger partial charge on any atom is -0.351 e. The number of hydrogen-bond donors (Lipinski definition) is 1. The summed E-state index contributed by atoms with van der Waals surface area (Å²) in [7, 11) is 0. The second-order valence-corrected chi connectivity index (χ2v) is 0.761. The van der Waals surface area contributed by atoms with Crippen molar-refractivity contribution in [3.05, 3.63) is 18.7 Å².